The third-order valence-electron chi connectivity index (χ3n) is 6.05. The van der Waals surface area contributed by atoms with E-state index in [1.807, 2.05) is 0 Å². The van der Waals surface area contributed by atoms with Crippen LogP contribution in [0.25, 0.3) is 11.1 Å². The lowest BCUT2D eigenvalue weighted by Gasteiger charge is -2.28. The van der Waals surface area contributed by atoms with Crippen LogP contribution in [0.3, 0.4) is 0 Å². The SMILES string of the molecule is FC1CCN(Cc2ccc(-c3ccc4c(c3Cl)NNN4CC3CC3)cc2)CC1. The predicted molar refractivity (Wildman–Crippen MR) is 113 cm³/mol. The lowest BCUT2D eigenvalue weighted by atomic mass is 10.0. The van der Waals surface area contributed by atoms with Crippen LogP contribution < -0.4 is 16.0 Å². The average molecular weight is 401 g/mol. The first kappa shape index (κ1) is 18.2. The van der Waals surface area contributed by atoms with E-state index in [0.717, 1.165) is 59.6 Å². The van der Waals surface area contributed by atoms with E-state index < -0.39 is 6.17 Å². The molecule has 28 heavy (non-hydrogen) atoms. The minimum absolute atomic E-state index is 0.621. The molecule has 2 aromatic carbocycles. The van der Waals surface area contributed by atoms with Crippen molar-refractivity contribution in [2.24, 2.45) is 5.92 Å². The van der Waals surface area contributed by atoms with Gasteiger partial charge in [-0.05, 0) is 48.8 Å². The van der Waals surface area contributed by atoms with Gasteiger partial charge in [-0.2, -0.15) is 0 Å². The Morgan fingerprint density at radius 2 is 1.75 bits per heavy atom. The number of anilines is 2. The number of hydrogen-bond acceptors (Lipinski definition) is 4. The minimum Gasteiger partial charge on any atom is -0.300 e. The highest BCUT2D eigenvalue weighted by molar-refractivity contribution is 6.37. The highest BCUT2D eigenvalue weighted by Crippen LogP contribution is 2.43. The van der Waals surface area contributed by atoms with Crippen LogP contribution in [-0.4, -0.2) is 30.7 Å². The number of likely N-dealkylation sites (tertiary alicyclic amines) is 1. The van der Waals surface area contributed by atoms with Crippen molar-refractivity contribution in [1.29, 1.82) is 0 Å². The molecule has 2 aliphatic heterocycles. The van der Waals surface area contributed by atoms with Crippen molar-refractivity contribution in [2.45, 2.75) is 38.4 Å². The fourth-order valence-corrected chi connectivity index (χ4v) is 4.44. The maximum Gasteiger partial charge on any atom is 0.103 e. The Morgan fingerprint density at radius 3 is 2.46 bits per heavy atom. The molecule has 0 aromatic heterocycles. The zero-order chi connectivity index (χ0) is 19.1. The van der Waals surface area contributed by atoms with Crippen LogP contribution in [0.2, 0.25) is 5.02 Å². The van der Waals surface area contributed by atoms with Crippen molar-refractivity contribution in [1.82, 2.24) is 10.4 Å². The smallest absolute Gasteiger partial charge is 0.103 e. The summed E-state index contributed by atoms with van der Waals surface area (Å²) < 4.78 is 13.3. The molecule has 1 saturated carbocycles. The molecule has 0 unspecified atom stereocenters. The summed E-state index contributed by atoms with van der Waals surface area (Å²) in [5, 5.41) is 2.91. The van der Waals surface area contributed by atoms with Gasteiger partial charge in [0.05, 0.1) is 16.4 Å². The van der Waals surface area contributed by atoms with Gasteiger partial charge in [0.1, 0.15) is 6.17 Å². The van der Waals surface area contributed by atoms with Crippen LogP contribution in [0.4, 0.5) is 15.8 Å². The standard InChI is InChI=1S/C22H26ClFN4/c23-21-19(7-8-20-22(21)25-26-28(20)14-16-1-2-16)17-5-3-15(4-6-17)13-27-11-9-18(24)10-12-27/h3-8,16,18,25-26H,1-2,9-14H2. The Labute approximate surface area is 170 Å². The Kier molecular flexibility index (Phi) is 4.91. The number of benzene rings is 2. The predicted octanol–water partition coefficient (Wildman–Crippen LogP) is 5.00. The van der Waals surface area contributed by atoms with Gasteiger partial charge in [0.15, 0.2) is 0 Å². The van der Waals surface area contributed by atoms with E-state index in [-0.39, 0.29) is 0 Å². The molecule has 0 atom stereocenters. The van der Waals surface area contributed by atoms with E-state index in [1.54, 1.807) is 0 Å². The van der Waals surface area contributed by atoms with Crippen molar-refractivity contribution in [3.05, 3.63) is 47.0 Å². The summed E-state index contributed by atoms with van der Waals surface area (Å²) in [4.78, 5) is 2.33. The molecule has 1 saturated heterocycles. The average Bonchev–Trinajstić information content (AvgIpc) is 3.43. The van der Waals surface area contributed by atoms with Crippen LogP contribution >= 0.6 is 11.6 Å². The van der Waals surface area contributed by atoms with E-state index >= 15 is 0 Å². The highest BCUT2D eigenvalue weighted by Gasteiger charge is 2.29. The van der Waals surface area contributed by atoms with Gasteiger partial charge < -0.3 is 5.43 Å². The summed E-state index contributed by atoms with van der Waals surface area (Å²) in [5.74, 6) is 0.793. The first-order valence-corrected chi connectivity index (χ1v) is 10.6. The minimum atomic E-state index is -0.621. The number of rotatable bonds is 5. The zero-order valence-corrected chi connectivity index (χ0v) is 16.7. The second-order valence-electron chi connectivity index (χ2n) is 8.26. The topological polar surface area (TPSA) is 30.5 Å². The monoisotopic (exact) mass is 400 g/mol. The number of halogens is 2. The number of hydrazine groups is 2. The third kappa shape index (κ3) is 3.71. The van der Waals surface area contributed by atoms with Crippen molar-refractivity contribution >= 4 is 23.0 Å². The molecule has 2 heterocycles. The van der Waals surface area contributed by atoms with Gasteiger partial charge in [0.25, 0.3) is 0 Å². The first-order chi connectivity index (χ1) is 13.7. The molecule has 0 radical (unpaired) electrons. The van der Waals surface area contributed by atoms with Crippen LogP contribution in [0.5, 0.6) is 0 Å². The number of fused-ring (bicyclic) bond motifs is 1. The van der Waals surface area contributed by atoms with Crippen molar-refractivity contribution in [2.75, 3.05) is 30.1 Å². The highest BCUT2D eigenvalue weighted by atomic mass is 35.5. The summed E-state index contributed by atoms with van der Waals surface area (Å²) in [5.41, 5.74) is 12.0. The van der Waals surface area contributed by atoms with Crippen molar-refractivity contribution in [3.63, 3.8) is 0 Å². The van der Waals surface area contributed by atoms with E-state index in [4.69, 9.17) is 11.6 Å². The van der Waals surface area contributed by atoms with Gasteiger partial charge in [-0.3, -0.25) is 9.91 Å². The molecule has 0 spiro atoms. The summed E-state index contributed by atoms with van der Waals surface area (Å²) in [6.07, 6.45) is 3.32. The van der Waals surface area contributed by atoms with Gasteiger partial charge >= 0.3 is 0 Å². The lowest BCUT2D eigenvalue weighted by molar-refractivity contribution is 0.145. The van der Waals surface area contributed by atoms with Crippen LogP contribution in [-0.2, 0) is 6.54 Å². The van der Waals surface area contributed by atoms with Crippen molar-refractivity contribution < 1.29 is 4.39 Å². The molecule has 2 N–H and O–H groups in total. The molecule has 5 rings (SSSR count). The molecule has 1 aliphatic carbocycles. The van der Waals surface area contributed by atoms with Gasteiger partial charge in [-0.1, -0.05) is 41.9 Å². The van der Waals surface area contributed by atoms with E-state index in [2.05, 4.69) is 57.3 Å². The molecule has 2 aromatic rings. The van der Waals surface area contributed by atoms with Crippen LogP contribution in [0.15, 0.2) is 36.4 Å². The van der Waals surface area contributed by atoms with Gasteiger partial charge in [-0.15, -0.1) is 5.53 Å². The lowest BCUT2D eigenvalue weighted by Crippen LogP contribution is -2.37. The molecule has 6 heteroatoms. The van der Waals surface area contributed by atoms with E-state index in [1.165, 1.54) is 18.4 Å². The zero-order valence-electron chi connectivity index (χ0n) is 15.9. The number of nitrogens with zero attached hydrogens (tertiary/aromatic N) is 2. The Morgan fingerprint density at radius 1 is 1.00 bits per heavy atom. The van der Waals surface area contributed by atoms with Gasteiger partial charge in [-0.25, -0.2) is 4.39 Å². The molecule has 4 nitrogen and oxygen atoms in total. The number of nitrogens with one attached hydrogen (secondary N) is 2. The first-order valence-electron chi connectivity index (χ1n) is 10.2. The third-order valence-corrected chi connectivity index (χ3v) is 6.45. The molecule has 3 aliphatic rings. The molecule has 0 bridgehead atoms. The second-order valence-corrected chi connectivity index (χ2v) is 8.64. The number of alkyl halides is 1. The molecular formula is C22H26ClFN4. The van der Waals surface area contributed by atoms with E-state index in [0.29, 0.717) is 12.8 Å². The summed E-state index contributed by atoms with van der Waals surface area (Å²) in [6, 6.07) is 12.8. The Hall–Kier alpha value is -1.82. The molecule has 2 fully saturated rings. The summed E-state index contributed by atoms with van der Waals surface area (Å²) in [6.45, 7) is 3.59. The quantitative estimate of drug-likeness (QED) is 0.739. The van der Waals surface area contributed by atoms with Gasteiger partial charge in [0, 0.05) is 31.7 Å². The largest absolute Gasteiger partial charge is 0.300 e. The Bertz CT molecular complexity index is 844. The molecule has 148 valence electrons. The number of piperidine rings is 1. The maximum atomic E-state index is 13.3. The van der Waals surface area contributed by atoms with Gasteiger partial charge in [0.2, 0.25) is 0 Å². The molecular weight excluding hydrogens is 375 g/mol. The maximum absolute atomic E-state index is 13.3. The van der Waals surface area contributed by atoms with Crippen LogP contribution in [0, 0.1) is 5.92 Å². The molecule has 0 amide bonds. The Balaban J connectivity index is 1.31. The summed E-state index contributed by atoms with van der Waals surface area (Å²) >= 11 is 6.74. The second kappa shape index (κ2) is 7.54. The fraction of sp³-hybridized carbons (Fsp3) is 0.455. The summed E-state index contributed by atoms with van der Waals surface area (Å²) in [7, 11) is 0. The normalized spacial score (nSPS) is 20.3. The van der Waals surface area contributed by atoms with Crippen LogP contribution in [0.1, 0.15) is 31.2 Å². The fourth-order valence-electron chi connectivity index (χ4n) is 4.13. The van der Waals surface area contributed by atoms with Crippen molar-refractivity contribution in [3.8, 4) is 11.1 Å². The number of hydrogen-bond donors (Lipinski definition) is 2. The van der Waals surface area contributed by atoms with E-state index in [9.17, 15) is 4.39 Å².